The van der Waals surface area contributed by atoms with Crippen molar-refractivity contribution in [2.75, 3.05) is 13.1 Å². The number of aliphatic hydroxyl groups excluding tert-OH is 3. The second-order valence-electron chi connectivity index (χ2n) is 3.75. The molecule has 12 heavy (non-hydrogen) atoms. The first-order valence-electron chi connectivity index (χ1n) is 4.48. The van der Waals surface area contributed by atoms with Gasteiger partial charge in [-0.25, -0.2) is 0 Å². The highest BCUT2D eigenvalue weighted by Crippen LogP contribution is 2.27. The second kappa shape index (κ2) is 2.96. The van der Waals surface area contributed by atoms with E-state index in [2.05, 4.69) is 4.90 Å². The zero-order valence-corrected chi connectivity index (χ0v) is 6.93. The Morgan fingerprint density at radius 1 is 1.08 bits per heavy atom. The van der Waals surface area contributed by atoms with Crippen molar-refractivity contribution in [2.24, 2.45) is 0 Å². The Bertz CT molecular complexity index is 176. The molecule has 4 atom stereocenters. The van der Waals surface area contributed by atoms with Gasteiger partial charge in [-0.15, -0.1) is 0 Å². The summed E-state index contributed by atoms with van der Waals surface area (Å²) in [6, 6.07) is 0.0726. The molecule has 0 aromatic rings. The Labute approximate surface area is 71.4 Å². The highest BCUT2D eigenvalue weighted by molar-refractivity contribution is 4.97. The normalized spacial score (nSPS) is 49.2. The Hall–Kier alpha value is -0.160. The largest absolute Gasteiger partial charge is 0.389 e. The number of hydrogen-bond acceptors (Lipinski definition) is 4. The van der Waals surface area contributed by atoms with Crippen LogP contribution in [-0.2, 0) is 0 Å². The molecule has 70 valence electrons. The summed E-state index contributed by atoms with van der Waals surface area (Å²) >= 11 is 0. The van der Waals surface area contributed by atoms with Gasteiger partial charge < -0.3 is 15.3 Å². The molecule has 2 heterocycles. The summed E-state index contributed by atoms with van der Waals surface area (Å²) in [5, 5.41) is 28.3. The molecule has 4 heteroatoms. The third kappa shape index (κ3) is 1.15. The molecular formula is C8H15NO3. The standard InChI is InChI=1S/C8H15NO3/c10-6-4-9-3-1-2-5(9)7(11)8(6)12/h5-8,10-12H,1-4H2/t5-,6-,7-,8-/m1/s1. The first-order valence-corrected chi connectivity index (χ1v) is 4.48. The lowest BCUT2D eigenvalue weighted by atomic mass is 9.94. The van der Waals surface area contributed by atoms with E-state index in [9.17, 15) is 15.3 Å². The molecule has 2 saturated heterocycles. The number of nitrogens with zero attached hydrogens (tertiary/aromatic N) is 1. The topological polar surface area (TPSA) is 63.9 Å². The average molecular weight is 173 g/mol. The molecule has 0 aromatic heterocycles. The zero-order chi connectivity index (χ0) is 8.72. The fourth-order valence-corrected chi connectivity index (χ4v) is 2.27. The molecule has 0 radical (unpaired) electrons. The first kappa shape index (κ1) is 8.44. The van der Waals surface area contributed by atoms with Gasteiger partial charge in [0.1, 0.15) is 6.10 Å². The zero-order valence-electron chi connectivity index (χ0n) is 6.93. The van der Waals surface area contributed by atoms with Crippen LogP contribution in [0.1, 0.15) is 12.8 Å². The summed E-state index contributed by atoms with van der Waals surface area (Å²) in [4.78, 5) is 2.06. The van der Waals surface area contributed by atoms with Crippen molar-refractivity contribution in [1.29, 1.82) is 0 Å². The number of piperidine rings is 1. The van der Waals surface area contributed by atoms with Crippen molar-refractivity contribution >= 4 is 0 Å². The Morgan fingerprint density at radius 3 is 2.58 bits per heavy atom. The Balaban J connectivity index is 2.10. The molecule has 2 aliphatic heterocycles. The molecule has 0 amide bonds. The molecule has 0 spiro atoms. The van der Waals surface area contributed by atoms with E-state index >= 15 is 0 Å². The van der Waals surface area contributed by atoms with Crippen LogP contribution < -0.4 is 0 Å². The fourth-order valence-electron chi connectivity index (χ4n) is 2.27. The summed E-state index contributed by atoms with van der Waals surface area (Å²) in [5.74, 6) is 0. The van der Waals surface area contributed by atoms with Crippen molar-refractivity contribution in [2.45, 2.75) is 37.2 Å². The molecule has 4 nitrogen and oxygen atoms in total. The summed E-state index contributed by atoms with van der Waals surface area (Å²) < 4.78 is 0. The maximum Gasteiger partial charge on any atom is 0.108 e. The number of fused-ring (bicyclic) bond motifs is 1. The van der Waals surface area contributed by atoms with Crippen LogP contribution in [0.4, 0.5) is 0 Å². The molecule has 0 unspecified atom stereocenters. The van der Waals surface area contributed by atoms with Gasteiger partial charge >= 0.3 is 0 Å². The van der Waals surface area contributed by atoms with E-state index in [0.29, 0.717) is 6.54 Å². The first-order chi connectivity index (χ1) is 5.70. The van der Waals surface area contributed by atoms with E-state index in [4.69, 9.17) is 0 Å². The van der Waals surface area contributed by atoms with Crippen molar-refractivity contribution in [3.05, 3.63) is 0 Å². The van der Waals surface area contributed by atoms with Crippen LogP contribution in [0.3, 0.4) is 0 Å². The highest BCUT2D eigenvalue weighted by atomic mass is 16.4. The van der Waals surface area contributed by atoms with E-state index < -0.39 is 18.3 Å². The van der Waals surface area contributed by atoms with Crippen LogP contribution in [0.15, 0.2) is 0 Å². The van der Waals surface area contributed by atoms with E-state index in [1.807, 2.05) is 0 Å². The van der Waals surface area contributed by atoms with E-state index in [1.54, 1.807) is 0 Å². The maximum atomic E-state index is 9.57. The van der Waals surface area contributed by atoms with Crippen molar-refractivity contribution in [3.8, 4) is 0 Å². The van der Waals surface area contributed by atoms with Crippen LogP contribution in [0.2, 0.25) is 0 Å². The average Bonchev–Trinajstić information content (AvgIpc) is 2.48. The third-order valence-electron chi connectivity index (χ3n) is 2.97. The summed E-state index contributed by atoms with van der Waals surface area (Å²) in [5.41, 5.74) is 0. The summed E-state index contributed by atoms with van der Waals surface area (Å²) in [6.45, 7) is 1.44. The number of aliphatic hydroxyl groups is 3. The monoisotopic (exact) mass is 173 g/mol. The van der Waals surface area contributed by atoms with Crippen LogP contribution in [0, 0.1) is 0 Å². The van der Waals surface area contributed by atoms with Crippen LogP contribution in [-0.4, -0.2) is 57.7 Å². The van der Waals surface area contributed by atoms with Gasteiger partial charge in [-0.05, 0) is 19.4 Å². The lowest BCUT2D eigenvalue weighted by Crippen LogP contribution is -2.58. The summed E-state index contributed by atoms with van der Waals surface area (Å²) in [6.07, 6.45) is -0.513. The predicted molar refractivity (Wildman–Crippen MR) is 42.6 cm³/mol. The van der Waals surface area contributed by atoms with Gasteiger partial charge in [-0.2, -0.15) is 0 Å². The van der Waals surface area contributed by atoms with Gasteiger partial charge in [0.15, 0.2) is 0 Å². The Morgan fingerprint density at radius 2 is 1.83 bits per heavy atom. The van der Waals surface area contributed by atoms with Crippen LogP contribution in [0.5, 0.6) is 0 Å². The van der Waals surface area contributed by atoms with Crippen LogP contribution in [0.25, 0.3) is 0 Å². The maximum absolute atomic E-state index is 9.57. The van der Waals surface area contributed by atoms with Crippen molar-refractivity contribution in [3.63, 3.8) is 0 Å². The molecular weight excluding hydrogens is 158 g/mol. The van der Waals surface area contributed by atoms with E-state index in [1.165, 1.54) is 0 Å². The molecule has 0 aromatic carbocycles. The van der Waals surface area contributed by atoms with E-state index in [0.717, 1.165) is 19.4 Å². The Kier molecular flexibility index (Phi) is 2.08. The van der Waals surface area contributed by atoms with Crippen molar-refractivity contribution < 1.29 is 15.3 Å². The van der Waals surface area contributed by atoms with Crippen LogP contribution >= 0.6 is 0 Å². The lowest BCUT2D eigenvalue weighted by molar-refractivity contribution is -0.127. The second-order valence-corrected chi connectivity index (χ2v) is 3.75. The van der Waals surface area contributed by atoms with E-state index in [-0.39, 0.29) is 6.04 Å². The smallest absolute Gasteiger partial charge is 0.108 e. The molecule has 2 aliphatic rings. The van der Waals surface area contributed by atoms with Gasteiger partial charge in [0.05, 0.1) is 12.2 Å². The van der Waals surface area contributed by atoms with Gasteiger partial charge in [0.2, 0.25) is 0 Å². The molecule has 2 fully saturated rings. The lowest BCUT2D eigenvalue weighted by Gasteiger charge is -2.39. The van der Waals surface area contributed by atoms with Gasteiger partial charge in [-0.1, -0.05) is 0 Å². The minimum absolute atomic E-state index is 0.0726. The third-order valence-corrected chi connectivity index (χ3v) is 2.97. The molecule has 3 N–H and O–H groups in total. The molecule has 2 rings (SSSR count). The number of hydrogen-bond donors (Lipinski definition) is 3. The molecule has 0 saturated carbocycles. The van der Waals surface area contributed by atoms with Gasteiger partial charge in [0.25, 0.3) is 0 Å². The summed E-state index contributed by atoms with van der Waals surface area (Å²) in [7, 11) is 0. The quantitative estimate of drug-likeness (QED) is 0.419. The van der Waals surface area contributed by atoms with Gasteiger partial charge in [-0.3, -0.25) is 4.90 Å². The highest BCUT2D eigenvalue weighted by Gasteiger charge is 2.42. The fraction of sp³-hybridized carbons (Fsp3) is 1.00. The minimum Gasteiger partial charge on any atom is -0.389 e. The number of rotatable bonds is 0. The molecule has 0 aliphatic carbocycles. The van der Waals surface area contributed by atoms with Crippen molar-refractivity contribution in [1.82, 2.24) is 4.90 Å². The van der Waals surface area contributed by atoms with Gasteiger partial charge in [0, 0.05) is 12.6 Å². The predicted octanol–water partition coefficient (Wildman–Crippen LogP) is -1.45. The minimum atomic E-state index is -0.954. The SMILES string of the molecule is O[C@H]1[C@H](O)[C@H]2CCCN2C[C@H]1O. The molecule has 0 bridgehead atoms.